The molecule has 0 aliphatic carbocycles. The molecule has 0 saturated heterocycles. The predicted molar refractivity (Wildman–Crippen MR) is 83.6 cm³/mol. The molecule has 20 heavy (non-hydrogen) atoms. The van der Waals surface area contributed by atoms with Gasteiger partial charge in [-0.3, -0.25) is 4.79 Å². The largest absolute Gasteiger partial charge is 0.396 e. The molecule has 1 amide bonds. The van der Waals surface area contributed by atoms with Crippen LogP contribution in [0, 0.1) is 5.92 Å². The third-order valence-electron chi connectivity index (χ3n) is 3.36. The molecule has 4 nitrogen and oxygen atoms in total. The monoisotopic (exact) mass is 338 g/mol. The van der Waals surface area contributed by atoms with Crippen molar-refractivity contribution in [3.05, 3.63) is 34.4 Å². The van der Waals surface area contributed by atoms with Gasteiger partial charge in [0.1, 0.15) is 0 Å². The summed E-state index contributed by atoms with van der Waals surface area (Å²) >= 11 is 3.52. The van der Waals surface area contributed by atoms with Gasteiger partial charge in [0, 0.05) is 34.7 Å². The standard InChI is InChI=1S/C15H19BrN2O2/c1-10(5-6-19)8-18-14(20)7-11-9-17-13-4-2-3-12(16)15(11)13/h2-4,9-10,17,19H,5-8H2,1H3,(H,18,20). The molecule has 1 unspecified atom stereocenters. The van der Waals surface area contributed by atoms with Gasteiger partial charge in [-0.2, -0.15) is 0 Å². The van der Waals surface area contributed by atoms with Crippen LogP contribution in [0.4, 0.5) is 0 Å². The van der Waals surface area contributed by atoms with Crippen molar-refractivity contribution < 1.29 is 9.90 Å². The molecule has 1 heterocycles. The number of amides is 1. The molecular weight excluding hydrogens is 320 g/mol. The first-order chi connectivity index (χ1) is 9.61. The number of nitrogens with one attached hydrogen (secondary N) is 2. The highest BCUT2D eigenvalue weighted by atomic mass is 79.9. The van der Waals surface area contributed by atoms with Gasteiger partial charge in [0.05, 0.1) is 6.42 Å². The normalized spacial score (nSPS) is 12.6. The molecule has 0 aliphatic rings. The van der Waals surface area contributed by atoms with E-state index in [0.717, 1.165) is 20.9 Å². The van der Waals surface area contributed by atoms with E-state index >= 15 is 0 Å². The lowest BCUT2D eigenvalue weighted by molar-refractivity contribution is -0.120. The second-order valence-electron chi connectivity index (χ2n) is 5.07. The summed E-state index contributed by atoms with van der Waals surface area (Å²) in [5.74, 6) is 0.296. The second kappa shape index (κ2) is 6.90. The Bertz CT molecular complexity index is 595. The quantitative estimate of drug-likeness (QED) is 0.757. The number of rotatable bonds is 6. The molecule has 1 aromatic heterocycles. The number of aliphatic hydroxyl groups is 1. The number of aliphatic hydroxyl groups excluding tert-OH is 1. The number of hydrogen-bond acceptors (Lipinski definition) is 2. The van der Waals surface area contributed by atoms with Crippen molar-refractivity contribution in [2.24, 2.45) is 5.92 Å². The Morgan fingerprint density at radius 2 is 2.30 bits per heavy atom. The van der Waals surface area contributed by atoms with E-state index in [0.29, 0.717) is 25.3 Å². The van der Waals surface area contributed by atoms with E-state index in [1.54, 1.807) is 0 Å². The third-order valence-corrected chi connectivity index (χ3v) is 4.02. The van der Waals surface area contributed by atoms with Gasteiger partial charge in [0.2, 0.25) is 5.91 Å². The van der Waals surface area contributed by atoms with E-state index in [9.17, 15) is 4.79 Å². The van der Waals surface area contributed by atoms with Crippen LogP contribution in [0.25, 0.3) is 10.9 Å². The molecule has 0 saturated carbocycles. The molecule has 0 radical (unpaired) electrons. The van der Waals surface area contributed by atoms with E-state index < -0.39 is 0 Å². The molecule has 1 aromatic carbocycles. The fourth-order valence-corrected chi connectivity index (χ4v) is 2.81. The molecule has 5 heteroatoms. The van der Waals surface area contributed by atoms with Crippen molar-refractivity contribution in [2.45, 2.75) is 19.8 Å². The Kier molecular flexibility index (Phi) is 5.20. The van der Waals surface area contributed by atoms with E-state index in [1.807, 2.05) is 31.3 Å². The van der Waals surface area contributed by atoms with E-state index in [2.05, 4.69) is 26.2 Å². The predicted octanol–water partition coefficient (Wildman–Crippen LogP) is 2.61. The highest BCUT2D eigenvalue weighted by Crippen LogP contribution is 2.27. The number of carbonyl (C=O) groups is 1. The first kappa shape index (κ1) is 15.1. The van der Waals surface area contributed by atoms with Gasteiger partial charge in [0.15, 0.2) is 0 Å². The average molecular weight is 339 g/mol. The lowest BCUT2D eigenvalue weighted by Crippen LogP contribution is -2.29. The SMILES string of the molecule is CC(CCO)CNC(=O)Cc1c[nH]c2cccc(Br)c12. The number of aromatic nitrogens is 1. The van der Waals surface area contributed by atoms with Gasteiger partial charge in [0.25, 0.3) is 0 Å². The molecule has 1 atom stereocenters. The minimum atomic E-state index is 0.00597. The Morgan fingerprint density at radius 3 is 3.05 bits per heavy atom. The summed E-state index contributed by atoms with van der Waals surface area (Å²) < 4.78 is 0.993. The molecule has 2 rings (SSSR count). The number of benzene rings is 1. The van der Waals surface area contributed by atoms with Gasteiger partial charge in [-0.25, -0.2) is 0 Å². The molecule has 0 fully saturated rings. The topological polar surface area (TPSA) is 65.1 Å². The number of H-pyrrole nitrogens is 1. The third kappa shape index (κ3) is 3.61. The Balaban J connectivity index is 2.00. The lowest BCUT2D eigenvalue weighted by atomic mass is 10.1. The Morgan fingerprint density at radius 1 is 1.50 bits per heavy atom. The highest BCUT2D eigenvalue weighted by molar-refractivity contribution is 9.10. The van der Waals surface area contributed by atoms with Crippen LogP contribution >= 0.6 is 15.9 Å². The van der Waals surface area contributed by atoms with Crippen LogP contribution in [-0.2, 0) is 11.2 Å². The number of halogens is 1. The summed E-state index contributed by atoms with van der Waals surface area (Å²) in [6.07, 6.45) is 2.94. The maximum Gasteiger partial charge on any atom is 0.224 e. The number of aromatic amines is 1. The van der Waals surface area contributed by atoms with E-state index in [1.165, 1.54) is 0 Å². The Labute approximate surface area is 126 Å². The zero-order valence-corrected chi connectivity index (χ0v) is 13.0. The maximum atomic E-state index is 12.0. The zero-order chi connectivity index (χ0) is 14.5. The van der Waals surface area contributed by atoms with Gasteiger partial charge in [-0.05, 0) is 30.0 Å². The summed E-state index contributed by atoms with van der Waals surface area (Å²) in [7, 11) is 0. The van der Waals surface area contributed by atoms with Crippen LogP contribution in [-0.4, -0.2) is 29.1 Å². The summed E-state index contributed by atoms with van der Waals surface area (Å²) in [5, 5.41) is 12.8. The molecule has 2 aromatic rings. The van der Waals surface area contributed by atoms with Crippen LogP contribution in [0.3, 0.4) is 0 Å². The van der Waals surface area contributed by atoms with Gasteiger partial charge in [-0.1, -0.05) is 28.9 Å². The minimum Gasteiger partial charge on any atom is -0.396 e. The number of carbonyl (C=O) groups excluding carboxylic acids is 1. The molecule has 3 N–H and O–H groups in total. The van der Waals surface area contributed by atoms with Crippen molar-refractivity contribution >= 4 is 32.7 Å². The highest BCUT2D eigenvalue weighted by Gasteiger charge is 2.11. The molecule has 0 spiro atoms. The van der Waals surface area contributed by atoms with E-state index in [4.69, 9.17) is 5.11 Å². The summed E-state index contributed by atoms with van der Waals surface area (Å²) in [6.45, 7) is 2.77. The number of hydrogen-bond donors (Lipinski definition) is 3. The molecule has 0 aliphatic heterocycles. The smallest absolute Gasteiger partial charge is 0.224 e. The first-order valence-corrected chi connectivity index (χ1v) is 7.53. The Hall–Kier alpha value is -1.33. The summed E-state index contributed by atoms with van der Waals surface area (Å²) in [5.41, 5.74) is 2.01. The first-order valence-electron chi connectivity index (χ1n) is 6.74. The van der Waals surface area contributed by atoms with Gasteiger partial charge >= 0.3 is 0 Å². The van der Waals surface area contributed by atoms with Crippen molar-refractivity contribution in [3.63, 3.8) is 0 Å². The lowest BCUT2D eigenvalue weighted by Gasteiger charge is -2.11. The molecular formula is C15H19BrN2O2. The fourth-order valence-electron chi connectivity index (χ4n) is 2.19. The van der Waals surface area contributed by atoms with Crippen LogP contribution in [0.2, 0.25) is 0 Å². The van der Waals surface area contributed by atoms with Crippen LogP contribution in [0.5, 0.6) is 0 Å². The van der Waals surface area contributed by atoms with Crippen molar-refractivity contribution in [1.82, 2.24) is 10.3 Å². The maximum absolute atomic E-state index is 12.0. The van der Waals surface area contributed by atoms with Crippen molar-refractivity contribution in [1.29, 1.82) is 0 Å². The van der Waals surface area contributed by atoms with Crippen LogP contribution < -0.4 is 5.32 Å². The van der Waals surface area contributed by atoms with Crippen LogP contribution in [0.1, 0.15) is 18.9 Å². The second-order valence-corrected chi connectivity index (χ2v) is 5.93. The molecule has 0 bridgehead atoms. The molecule has 108 valence electrons. The summed E-state index contributed by atoms with van der Waals surface area (Å²) in [4.78, 5) is 15.1. The summed E-state index contributed by atoms with van der Waals surface area (Å²) in [6, 6.07) is 5.93. The van der Waals surface area contributed by atoms with E-state index in [-0.39, 0.29) is 12.5 Å². The van der Waals surface area contributed by atoms with Crippen LogP contribution in [0.15, 0.2) is 28.9 Å². The number of fused-ring (bicyclic) bond motifs is 1. The van der Waals surface area contributed by atoms with Crippen molar-refractivity contribution in [3.8, 4) is 0 Å². The fraction of sp³-hybridized carbons (Fsp3) is 0.400. The van der Waals surface area contributed by atoms with Gasteiger partial charge < -0.3 is 15.4 Å². The minimum absolute atomic E-state index is 0.00597. The average Bonchev–Trinajstić information content (AvgIpc) is 2.81. The van der Waals surface area contributed by atoms with Crippen molar-refractivity contribution in [2.75, 3.05) is 13.2 Å². The van der Waals surface area contributed by atoms with Gasteiger partial charge in [-0.15, -0.1) is 0 Å². The zero-order valence-electron chi connectivity index (χ0n) is 11.4.